The minimum atomic E-state index is 0.361. The number of rotatable bonds is 2. The highest BCUT2D eigenvalue weighted by Crippen LogP contribution is 2.59. The van der Waals surface area contributed by atoms with Crippen molar-refractivity contribution in [1.82, 2.24) is 4.90 Å². The first-order valence-corrected chi connectivity index (χ1v) is 8.12. The topological polar surface area (TPSA) is 23.5 Å². The van der Waals surface area contributed by atoms with Gasteiger partial charge in [-0.2, -0.15) is 0 Å². The van der Waals surface area contributed by atoms with E-state index in [2.05, 4.69) is 43.1 Å². The highest BCUT2D eigenvalue weighted by Gasteiger charge is 2.59. The molecule has 1 saturated carbocycles. The first kappa shape index (κ1) is 12.8. The van der Waals surface area contributed by atoms with E-state index < -0.39 is 0 Å². The first-order chi connectivity index (χ1) is 9.71. The number of fused-ring (bicyclic) bond motifs is 2. The molecular weight excluding hydrogens is 246 g/mol. The molecule has 2 aliphatic carbocycles. The highest BCUT2D eigenvalue weighted by atomic mass is 16.3. The number of aliphatic hydroxyl groups excluding tert-OH is 1. The number of nitrogens with zero attached hydrogens (tertiary/aromatic N) is 1. The van der Waals surface area contributed by atoms with Crippen LogP contribution in [0, 0.1) is 11.8 Å². The molecule has 0 amide bonds. The van der Waals surface area contributed by atoms with Crippen molar-refractivity contribution in [2.24, 2.45) is 11.8 Å². The molecule has 4 aliphatic rings. The summed E-state index contributed by atoms with van der Waals surface area (Å²) in [6.45, 7) is 2.73. The second kappa shape index (κ2) is 4.32. The number of aliphatic hydroxyl groups is 1. The molecular formula is C18H25NO. The Hall–Kier alpha value is -0.860. The maximum Gasteiger partial charge on any atom is 0.0474 e. The summed E-state index contributed by atoms with van der Waals surface area (Å²) in [4.78, 5) is 2.60. The molecule has 5 atom stereocenters. The molecule has 0 aromatic heterocycles. The van der Waals surface area contributed by atoms with Crippen LogP contribution in [-0.4, -0.2) is 35.7 Å². The van der Waals surface area contributed by atoms with Gasteiger partial charge < -0.3 is 5.11 Å². The Morgan fingerprint density at radius 2 is 2.10 bits per heavy atom. The van der Waals surface area contributed by atoms with E-state index in [-0.39, 0.29) is 0 Å². The molecule has 2 aliphatic heterocycles. The Kier molecular flexibility index (Phi) is 2.77. The minimum absolute atomic E-state index is 0.361. The van der Waals surface area contributed by atoms with Crippen molar-refractivity contribution in [2.75, 3.05) is 13.7 Å². The summed E-state index contributed by atoms with van der Waals surface area (Å²) in [6.07, 6.45) is 4.91. The largest absolute Gasteiger partial charge is 0.396 e. The molecule has 2 saturated heterocycles. The van der Waals surface area contributed by atoms with E-state index in [9.17, 15) is 5.11 Å². The Bertz CT molecular complexity index is 528. The molecule has 2 nitrogen and oxygen atoms in total. The molecule has 1 aromatic rings. The fourth-order valence-electron chi connectivity index (χ4n) is 5.73. The van der Waals surface area contributed by atoms with Crippen molar-refractivity contribution < 1.29 is 5.11 Å². The summed E-state index contributed by atoms with van der Waals surface area (Å²) in [6, 6.07) is 10.4. The molecule has 0 spiro atoms. The standard InChI is InChI=1S/C18H25NO/c1-3-18-10-17-13(11-20)8-15(18)16(19(17)2)9-12-6-4-5-7-14(12)18/h4-7,13,15-17,20H,3,8-11H2,1-2H3. The van der Waals surface area contributed by atoms with Crippen LogP contribution in [-0.2, 0) is 11.8 Å². The van der Waals surface area contributed by atoms with Gasteiger partial charge in [0.1, 0.15) is 0 Å². The van der Waals surface area contributed by atoms with E-state index in [1.54, 1.807) is 11.1 Å². The van der Waals surface area contributed by atoms with Crippen LogP contribution in [0.3, 0.4) is 0 Å². The van der Waals surface area contributed by atoms with Crippen LogP contribution in [0.4, 0.5) is 0 Å². The number of piperidine rings is 2. The fraction of sp³-hybridized carbons (Fsp3) is 0.667. The summed E-state index contributed by atoms with van der Waals surface area (Å²) in [7, 11) is 2.29. The summed E-state index contributed by atoms with van der Waals surface area (Å²) < 4.78 is 0. The molecule has 1 aromatic carbocycles. The third-order valence-corrected chi connectivity index (χ3v) is 6.74. The highest BCUT2D eigenvalue weighted by molar-refractivity contribution is 5.42. The summed E-state index contributed by atoms with van der Waals surface area (Å²) in [5.74, 6) is 1.22. The molecule has 2 heteroatoms. The lowest BCUT2D eigenvalue weighted by Gasteiger charge is -2.65. The second-order valence-corrected chi connectivity index (χ2v) is 7.16. The summed E-state index contributed by atoms with van der Waals surface area (Å²) >= 11 is 0. The quantitative estimate of drug-likeness (QED) is 0.893. The maximum atomic E-state index is 9.72. The van der Waals surface area contributed by atoms with Crippen molar-refractivity contribution >= 4 is 0 Å². The van der Waals surface area contributed by atoms with E-state index in [1.165, 1.54) is 25.7 Å². The molecule has 4 bridgehead atoms. The van der Waals surface area contributed by atoms with E-state index in [0.717, 1.165) is 5.92 Å². The molecule has 0 radical (unpaired) electrons. The van der Waals surface area contributed by atoms with Crippen molar-refractivity contribution in [3.8, 4) is 0 Å². The van der Waals surface area contributed by atoms with Gasteiger partial charge in [-0.05, 0) is 55.7 Å². The smallest absolute Gasteiger partial charge is 0.0474 e. The Morgan fingerprint density at radius 1 is 1.30 bits per heavy atom. The lowest BCUT2D eigenvalue weighted by Crippen LogP contribution is -2.68. The molecule has 2 heterocycles. The molecule has 20 heavy (non-hydrogen) atoms. The molecule has 5 rings (SSSR count). The third kappa shape index (κ3) is 1.42. The first-order valence-electron chi connectivity index (χ1n) is 8.12. The fourth-order valence-corrected chi connectivity index (χ4v) is 5.73. The van der Waals surface area contributed by atoms with Gasteiger partial charge in [0.15, 0.2) is 0 Å². The van der Waals surface area contributed by atoms with Crippen LogP contribution in [0.1, 0.15) is 37.3 Å². The van der Waals surface area contributed by atoms with Crippen molar-refractivity contribution in [2.45, 2.75) is 50.1 Å². The zero-order valence-electron chi connectivity index (χ0n) is 12.5. The number of hydrogen-bond donors (Lipinski definition) is 1. The SMILES string of the molecule is CCC12CC3C(CO)CC1C(Cc1ccccc12)N3C. The summed E-state index contributed by atoms with van der Waals surface area (Å²) in [5, 5.41) is 9.72. The van der Waals surface area contributed by atoms with Crippen LogP contribution in [0.25, 0.3) is 0 Å². The van der Waals surface area contributed by atoms with Gasteiger partial charge in [0, 0.05) is 24.1 Å². The minimum Gasteiger partial charge on any atom is -0.396 e. The van der Waals surface area contributed by atoms with E-state index >= 15 is 0 Å². The van der Waals surface area contributed by atoms with E-state index in [4.69, 9.17) is 0 Å². The van der Waals surface area contributed by atoms with Gasteiger partial charge in [-0.25, -0.2) is 0 Å². The van der Waals surface area contributed by atoms with Crippen LogP contribution in [0.5, 0.6) is 0 Å². The predicted octanol–water partition coefficient (Wildman–Crippen LogP) is 2.59. The maximum absolute atomic E-state index is 9.72. The van der Waals surface area contributed by atoms with E-state index in [1.807, 2.05) is 0 Å². The van der Waals surface area contributed by atoms with Crippen molar-refractivity contribution in [3.05, 3.63) is 35.4 Å². The summed E-state index contributed by atoms with van der Waals surface area (Å²) in [5.41, 5.74) is 3.57. The number of benzene rings is 1. The lowest BCUT2D eigenvalue weighted by molar-refractivity contribution is -0.106. The normalized spacial score (nSPS) is 42.5. The third-order valence-electron chi connectivity index (χ3n) is 6.74. The molecule has 1 N–H and O–H groups in total. The Balaban J connectivity index is 1.86. The number of hydrogen-bond acceptors (Lipinski definition) is 2. The average Bonchev–Trinajstić information content (AvgIpc) is 2.50. The van der Waals surface area contributed by atoms with Gasteiger partial charge in [0.2, 0.25) is 0 Å². The van der Waals surface area contributed by atoms with Crippen LogP contribution < -0.4 is 0 Å². The van der Waals surface area contributed by atoms with Crippen molar-refractivity contribution in [3.63, 3.8) is 0 Å². The van der Waals surface area contributed by atoms with Gasteiger partial charge in [-0.1, -0.05) is 31.2 Å². The van der Waals surface area contributed by atoms with Gasteiger partial charge in [0.05, 0.1) is 0 Å². The second-order valence-electron chi connectivity index (χ2n) is 7.16. The van der Waals surface area contributed by atoms with Crippen LogP contribution >= 0.6 is 0 Å². The van der Waals surface area contributed by atoms with Crippen LogP contribution in [0.2, 0.25) is 0 Å². The Morgan fingerprint density at radius 3 is 2.85 bits per heavy atom. The zero-order valence-corrected chi connectivity index (χ0v) is 12.5. The van der Waals surface area contributed by atoms with Gasteiger partial charge >= 0.3 is 0 Å². The predicted molar refractivity (Wildman–Crippen MR) is 80.8 cm³/mol. The molecule has 108 valence electrons. The zero-order chi connectivity index (χ0) is 13.9. The lowest BCUT2D eigenvalue weighted by atomic mass is 9.48. The van der Waals surface area contributed by atoms with Gasteiger partial charge in [-0.3, -0.25) is 4.90 Å². The Labute approximate surface area is 121 Å². The van der Waals surface area contributed by atoms with E-state index in [0.29, 0.717) is 30.0 Å². The van der Waals surface area contributed by atoms with Gasteiger partial charge in [-0.15, -0.1) is 0 Å². The monoisotopic (exact) mass is 271 g/mol. The van der Waals surface area contributed by atoms with Crippen LogP contribution in [0.15, 0.2) is 24.3 Å². The number of likely N-dealkylation sites (N-methyl/N-ethyl adjacent to an activating group) is 1. The molecule has 3 fully saturated rings. The molecule has 5 unspecified atom stereocenters. The average molecular weight is 271 g/mol. The van der Waals surface area contributed by atoms with Crippen molar-refractivity contribution in [1.29, 1.82) is 0 Å². The van der Waals surface area contributed by atoms with Gasteiger partial charge in [0.25, 0.3) is 0 Å².